The topological polar surface area (TPSA) is 49.8 Å². The molecule has 2 rings (SSSR count). The lowest BCUT2D eigenvalue weighted by atomic mass is 10.2. The average Bonchev–Trinajstić information content (AvgIpc) is 2.49. The number of rotatable bonds is 5. The minimum atomic E-state index is -4.63. The molecule has 24 heavy (non-hydrogen) atoms. The molecule has 0 saturated heterocycles. The first-order valence-electron chi connectivity index (χ1n) is 7.14. The van der Waals surface area contributed by atoms with Crippen LogP contribution in [0.4, 0.5) is 35.0 Å². The van der Waals surface area contributed by atoms with Crippen LogP contribution < -0.4 is 10.6 Å². The lowest BCUT2D eigenvalue weighted by Gasteiger charge is -2.15. The number of nitrogens with one attached hydrogen (secondary N) is 2. The molecule has 0 bridgehead atoms. The summed E-state index contributed by atoms with van der Waals surface area (Å²) in [5.74, 6) is -0.874. The summed E-state index contributed by atoms with van der Waals surface area (Å²) in [4.78, 5) is 7.48. The Labute approximate surface area is 150 Å². The van der Waals surface area contributed by atoms with Crippen LogP contribution in [-0.4, -0.2) is 16.0 Å². The van der Waals surface area contributed by atoms with Crippen molar-refractivity contribution in [3.63, 3.8) is 0 Å². The molecule has 0 unspecified atom stereocenters. The summed E-state index contributed by atoms with van der Waals surface area (Å²) in [6, 6.07) is 4.99. The summed E-state index contributed by atoms with van der Waals surface area (Å²) in [5, 5.41) is 5.37. The van der Waals surface area contributed by atoms with Gasteiger partial charge in [0.05, 0.1) is 5.69 Å². The van der Waals surface area contributed by atoms with Crippen molar-refractivity contribution in [2.45, 2.75) is 32.5 Å². The normalized spacial score (nSPS) is 12.8. The van der Waals surface area contributed by atoms with E-state index in [0.717, 1.165) is 6.07 Å². The Morgan fingerprint density at radius 2 is 1.92 bits per heavy atom. The van der Waals surface area contributed by atoms with Gasteiger partial charge in [0.15, 0.2) is 5.69 Å². The Bertz CT molecular complexity index is 721. The van der Waals surface area contributed by atoms with Gasteiger partial charge in [-0.1, -0.05) is 6.92 Å². The molecule has 1 aromatic heterocycles. The summed E-state index contributed by atoms with van der Waals surface area (Å²) in [7, 11) is 0. The molecule has 0 saturated carbocycles. The lowest BCUT2D eigenvalue weighted by Crippen LogP contribution is -2.18. The van der Waals surface area contributed by atoms with Crippen molar-refractivity contribution in [3.8, 4) is 0 Å². The van der Waals surface area contributed by atoms with Crippen LogP contribution in [0.2, 0.25) is 0 Å². The number of halogens is 5. The Morgan fingerprint density at radius 3 is 2.50 bits per heavy atom. The van der Waals surface area contributed by atoms with Gasteiger partial charge in [-0.25, -0.2) is 9.37 Å². The van der Waals surface area contributed by atoms with E-state index in [9.17, 15) is 17.6 Å². The van der Waals surface area contributed by atoms with Crippen LogP contribution in [0.5, 0.6) is 0 Å². The average molecular weight is 454 g/mol. The van der Waals surface area contributed by atoms with E-state index in [0.29, 0.717) is 9.99 Å². The van der Waals surface area contributed by atoms with Crippen LogP contribution >= 0.6 is 22.6 Å². The van der Waals surface area contributed by atoms with Gasteiger partial charge in [0.2, 0.25) is 5.95 Å². The van der Waals surface area contributed by atoms with Crippen LogP contribution in [0.3, 0.4) is 0 Å². The number of anilines is 3. The predicted molar refractivity (Wildman–Crippen MR) is 92.8 cm³/mol. The molecule has 0 aliphatic rings. The number of benzene rings is 1. The highest BCUT2D eigenvalue weighted by Gasteiger charge is 2.34. The van der Waals surface area contributed by atoms with Gasteiger partial charge in [-0.2, -0.15) is 18.2 Å². The number of aromatic nitrogens is 2. The maximum atomic E-state index is 13.9. The molecular weight excluding hydrogens is 439 g/mol. The second-order valence-corrected chi connectivity index (χ2v) is 6.41. The molecule has 0 amide bonds. The van der Waals surface area contributed by atoms with Gasteiger partial charge in [-0.15, -0.1) is 0 Å². The first-order chi connectivity index (χ1) is 11.2. The van der Waals surface area contributed by atoms with Crippen LogP contribution in [-0.2, 0) is 6.18 Å². The molecule has 0 radical (unpaired) electrons. The van der Waals surface area contributed by atoms with Gasteiger partial charge in [-0.05, 0) is 54.1 Å². The summed E-state index contributed by atoms with van der Waals surface area (Å²) < 4.78 is 53.6. The molecule has 0 aliphatic carbocycles. The summed E-state index contributed by atoms with van der Waals surface area (Å²) in [6.07, 6.45) is -3.94. The zero-order valence-electron chi connectivity index (χ0n) is 12.9. The van der Waals surface area contributed by atoms with E-state index in [1.165, 1.54) is 12.1 Å². The molecule has 1 atom stereocenters. The molecule has 0 aliphatic heterocycles. The number of nitrogens with zero attached hydrogens (tertiary/aromatic N) is 2. The van der Waals surface area contributed by atoms with Crippen molar-refractivity contribution in [1.29, 1.82) is 0 Å². The number of alkyl halides is 3. The van der Waals surface area contributed by atoms with Crippen molar-refractivity contribution >= 4 is 40.0 Å². The second-order valence-electron chi connectivity index (χ2n) is 5.16. The summed E-state index contributed by atoms with van der Waals surface area (Å²) in [6.45, 7) is 3.68. The number of hydrogen-bond acceptors (Lipinski definition) is 4. The monoisotopic (exact) mass is 454 g/mol. The van der Waals surface area contributed by atoms with Crippen molar-refractivity contribution in [3.05, 3.63) is 39.3 Å². The van der Waals surface area contributed by atoms with Crippen LogP contribution in [0.1, 0.15) is 26.0 Å². The van der Waals surface area contributed by atoms with Gasteiger partial charge in [0, 0.05) is 15.7 Å². The van der Waals surface area contributed by atoms with E-state index in [1.807, 2.05) is 29.5 Å². The van der Waals surface area contributed by atoms with Crippen molar-refractivity contribution in [2.24, 2.45) is 0 Å². The third-order valence-electron chi connectivity index (χ3n) is 3.20. The zero-order chi connectivity index (χ0) is 17.9. The third-order valence-corrected chi connectivity index (χ3v) is 3.87. The Kier molecular flexibility index (Phi) is 5.83. The molecular formula is C15H15F4IN4. The highest BCUT2D eigenvalue weighted by Crippen LogP contribution is 2.31. The number of hydrogen-bond donors (Lipinski definition) is 2. The third kappa shape index (κ3) is 4.92. The highest BCUT2D eigenvalue weighted by atomic mass is 127. The molecule has 2 N–H and O–H groups in total. The standard InChI is InChI=1S/C15H15F4IN4/c1-3-8(2)21-14-23-12(15(17,18)19)7-13(24-14)22-11-5-4-9(20)6-10(11)16/h4-8H,3H2,1-2H3,(H2,21,22,23,24)/t8-/m0/s1. The maximum absolute atomic E-state index is 13.9. The van der Waals surface area contributed by atoms with E-state index in [2.05, 4.69) is 20.6 Å². The quantitative estimate of drug-likeness (QED) is 0.482. The molecule has 2 aromatic rings. The SMILES string of the molecule is CC[C@H](C)Nc1nc(Nc2ccc(I)cc2F)cc(C(F)(F)F)n1. The molecule has 130 valence electrons. The van der Waals surface area contributed by atoms with Crippen molar-refractivity contribution < 1.29 is 17.6 Å². The first-order valence-corrected chi connectivity index (χ1v) is 8.21. The smallest absolute Gasteiger partial charge is 0.352 e. The van der Waals surface area contributed by atoms with Gasteiger partial charge in [0.1, 0.15) is 11.6 Å². The summed E-state index contributed by atoms with van der Waals surface area (Å²) >= 11 is 1.94. The predicted octanol–water partition coefficient (Wildman–Crippen LogP) is 5.19. The lowest BCUT2D eigenvalue weighted by molar-refractivity contribution is -0.141. The second kappa shape index (κ2) is 7.49. The van der Waals surface area contributed by atoms with Crippen LogP contribution in [0.15, 0.2) is 24.3 Å². The Morgan fingerprint density at radius 1 is 1.21 bits per heavy atom. The molecule has 0 spiro atoms. The van der Waals surface area contributed by atoms with Crippen molar-refractivity contribution in [1.82, 2.24) is 9.97 Å². The van der Waals surface area contributed by atoms with E-state index in [1.54, 1.807) is 13.0 Å². The van der Waals surface area contributed by atoms with Gasteiger partial charge < -0.3 is 10.6 Å². The highest BCUT2D eigenvalue weighted by molar-refractivity contribution is 14.1. The van der Waals surface area contributed by atoms with Crippen LogP contribution in [0.25, 0.3) is 0 Å². The fourth-order valence-corrected chi connectivity index (χ4v) is 2.23. The zero-order valence-corrected chi connectivity index (χ0v) is 15.0. The Balaban J connectivity index is 2.38. The largest absolute Gasteiger partial charge is 0.433 e. The Hall–Kier alpha value is -1.65. The molecule has 1 heterocycles. The van der Waals surface area contributed by atoms with Gasteiger partial charge in [-0.3, -0.25) is 0 Å². The van der Waals surface area contributed by atoms with E-state index in [-0.39, 0.29) is 23.5 Å². The molecule has 9 heteroatoms. The van der Waals surface area contributed by atoms with E-state index < -0.39 is 17.7 Å². The summed E-state index contributed by atoms with van der Waals surface area (Å²) in [5.41, 5.74) is -1.06. The van der Waals surface area contributed by atoms with E-state index in [4.69, 9.17) is 0 Å². The fraction of sp³-hybridized carbons (Fsp3) is 0.333. The van der Waals surface area contributed by atoms with Gasteiger partial charge in [0.25, 0.3) is 0 Å². The first kappa shape index (κ1) is 18.7. The van der Waals surface area contributed by atoms with Gasteiger partial charge >= 0.3 is 6.18 Å². The molecule has 4 nitrogen and oxygen atoms in total. The molecule has 1 aromatic carbocycles. The minimum absolute atomic E-state index is 0.0386. The molecule has 0 fully saturated rings. The minimum Gasteiger partial charge on any atom is -0.352 e. The van der Waals surface area contributed by atoms with Crippen LogP contribution in [0, 0.1) is 9.39 Å². The van der Waals surface area contributed by atoms with E-state index >= 15 is 0 Å². The fourth-order valence-electron chi connectivity index (χ4n) is 1.77. The van der Waals surface area contributed by atoms with Crippen molar-refractivity contribution in [2.75, 3.05) is 10.6 Å². The maximum Gasteiger partial charge on any atom is 0.433 e.